The van der Waals surface area contributed by atoms with Gasteiger partial charge in [0, 0.05) is 31.9 Å². The van der Waals surface area contributed by atoms with E-state index in [1.807, 2.05) is 22.7 Å². The molecule has 1 aliphatic rings. The molecule has 1 amide bonds. The van der Waals surface area contributed by atoms with E-state index >= 15 is 0 Å². The lowest BCUT2D eigenvalue weighted by molar-refractivity contribution is 0.0713. The van der Waals surface area contributed by atoms with E-state index in [1.54, 1.807) is 0 Å². The molecule has 1 aromatic heterocycles. The van der Waals surface area contributed by atoms with Gasteiger partial charge in [0.25, 0.3) is 5.91 Å². The fourth-order valence-electron chi connectivity index (χ4n) is 2.46. The molecule has 5 nitrogen and oxygen atoms in total. The van der Waals surface area contributed by atoms with Crippen molar-refractivity contribution in [3.63, 3.8) is 0 Å². The summed E-state index contributed by atoms with van der Waals surface area (Å²) in [5.41, 5.74) is 7.55. The zero-order valence-corrected chi connectivity index (χ0v) is 12.1. The highest BCUT2D eigenvalue weighted by atomic mass is 16.2. The second kappa shape index (κ2) is 5.74. The van der Waals surface area contributed by atoms with Crippen LogP contribution in [0.1, 0.15) is 55.6 Å². The molecule has 0 unspecified atom stereocenters. The predicted molar refractivity (Wildman–Crippen MR) is 75.1 cm³/mol. The Balaban J connectivity index is 2.20. The number of nitrogens with two attached hydrogens (primary N) is 1. The number of hydrogen-bond acceptors (Lipinski definition) is 3. The van der Waals surface area contributed by atoms with Crippen molar-refractivity contribution in [1.29, 1.82) is 0 Å². The molecule has 2 heterocycles. The number of carbonyl (C=O) groups is 1. The van der Waals surface area contributed by atoms with Gasteiger partial charge in [0.1, 0.15) is 0 Å². The summed E-state index contributed by atoms with van der Waals surface area (Å²) < 4.78 is 1.85. The molecule has 1 fully saturated rings. The molecule has 1 saturated heterocycles. The van der Waals surface area contributed by atoms with Crippen LogP contribution in [0.5, 0.6) is 0 Å². The molecule has 0 spiro atoms. The molecule has 2 N–H and O–H groups in total. The zero-order valence-electron chi connectivity index (χ0n) is 12.1. The molecule has 0 atom stereocenters. The molecular weight excluding hydrogens is 240 g/mol. The second-order valence-electron chi connectivity index (χ2n) is 5.57. The SMILES string of the molecule is CCn1cc(C(=O)N2CCC(N)CC2)c(C(C)C)n1. The molecule has 106 valence electrons. The quantitative estimate of drug-likeness (QED) is 0.901. The average Bonchev–Trinajstić information content (AvgIpc) is 2.83. The average molecular weight is 264 g/mol. The van der Waals surface area contributed by atoms with E-state index < -0.39 is 0 Å². The first-order chi connectivity index (χ1) is 9.02. The normalized spacial score (nSPS) is 17.2. The Morgan fingerprint density at radius 2 is 2.11 bits per heavy atom. The van der Waals surface area contributed by atoms with E-state index in [0.29, 0.717) is 0 Å². The largest absolute Gasteiger partial charge is 0.338 e. The van der Waals surface area contributed by atoms with Crippen molar-refractivity contribution in [2.24, 2.45) is 5.73 Å². The number of nitrogens with zero attached hydrogens (tertiary/aromatic N) is 3. The minimum atomic E-state index is 0.107. The lowest BCUT2D eigenvalue weighted by atomic mass is 10.0. The van der Waals surface area contributed by atoms with Crippen LogP contribution in [-0.4, -0.2) is 39.7 Å². The van der Waals surface area contributed by atoms with Crippen LogP contribution < -0.4 is 5.73 Å². The number of aromatic nitrogens is 2. The summed E-state index contributed by atoms with van der Waals surface area (Å²) in [5.74, 6) is 0.370. The van der Waals surface area contributed by atoms with Gasteiger partial charge >= 0.3 is 0 Å². The maximum atomic E-state index is 12.6. The van der Waals surface area contributed by atoms with Crippen LogP contribution in [-0.2, 0) is 6.54 Å². The third-order valence-electron chi connectivity index (χ3n) is 3.72. The number of likely N-dealkylation sites (tertiary alicyclic amines) is 1. The first kappa shape index (κ1) is 14.1. The Bertz CT molecular complexity index is 444. The summed E-state index contributed by atoms with van der Waals surface area (Å²) in [6.45, 7) is 8.49. The summed E-state index contributed by atoms with van der Waals surface area (Å²) in [6, 6.07) is 0.243. The van der Waals surface area contributed by atoms with Crippen molar-refractivity contribution in [3.05, 3.63) is 17.5 Å². The minimum Gasteiger partial charge on any atom is -0.338 e. The number of piperidine rings is 1. The molecule has 0 radical (unpaired) electrons. The zero-order chi connectivity index (χ0) is 14.0. The van der Waals surface area contributed by atoms with Gasteiger partial charge in [-0.1, -0.05) is 13.8 Å². The monoisotopic (exact) mass is 264 g/mol. The molecule has 1 aliphatic heterocycles. The van der Waals surface area contributed by atoms with Gasteiger partial charge in [-0.3, -0.25) is 9.48 Å². The summed E-state index contributed by atoms with van der Waals surface area (Å²) in [5, 5.41) is 4.50. The van der Waals surface area contributed by atoms with Gasteiger partial charge in [0.2, 0.25) is 0 Å². The summed E-state index contributed by atoms with van der Waals surface area (Å²) in [7, 11) is 0. The van der Waals surface area contributed by atoms with E-state index in [2.05, 4.69) is 18.9 Å². The van der Waals surface area contributed by atoms with Crippen molar-refractivity contribution >= 4 is 5.91 Å². The number of carbonyl (C=O) groups excluding carboxylic acids is 1. The molecule has 1 aromatic rings. The van der Waals surface area contributed by atoms with Crippen LogP contribution in [0.4, 0.5) is 0 Å². The Morgan fingerprint density at radius 1 is 1.47 bits per heavy atom. The lowest BCUT2D eigenvalue weighted by Gasteiger charge is -2.30. The number of rotatable bonds is 3. The number of amides is 1. The van der Waals surface area contributed by atoms with E-state index in [4.69, 9.17) is 5.73 Å². The summed E-state index contributed by atoms with van der Waals surface area (Å²) >= 11 is 0. The van der Waals surface area contributed by atoms with Gasteiger partial charge in [-0.2, -0.15) is 5.10 Å². The van der Waals surface area contributed by atoms with Crippen molar-refractivity contribution in [2.45, 2.75) is 52.1 Å². The highest BCUT2D eigenvalue weighted by Gasteiger charge is 2.26. The Morgan fingerprint density at radius 3 is 2.63 bits per heavy atom. The van der Waals surface area contributed by atoms with Gasteiger partial charge in [0.05, 0.1) is 11.3 Å². The fourth-order valence-corrected chi connectivity index (χ4v) is 2.46. The Kier molecular flexibility index (Phi) is 4.24. The van der Waals surface area contributed by atoms with Crippen molar-refractivity contribution in [3.8, 4) is 0 Å². The third-order valence-corrected chi connectivity index (χ3v) is 3.72. The molecule has 5 heteroatoms. The Labute approximate surface area is 114 Å². The molecule has 0 aliphatic carbocycles. The van der Waals surface area contributed by atoms with Crippen molar-refractivity contribution in [1.82, 2.24) is 14.7 Å². The van der Waals surface area contributed by atoms with Crippen LogP contribution in [0.2, 0.25) is 0 Å². The molecule has 0 bridgehead atoms. The first-order valence-electron chi connectivity index (χ1n) is 7.15. The maximum absolute atomic E-state index is 12.6. The van der Waals surface area contributed by atoms with E-state index in [0.717, 1.165) is 43.7 Å². The summed E-state index contributed by atoms with van der Waals surface area (Å²) in [4.78, 5) is 14.5. The summed E-state index contributed by atoms with van der Waals surface area (Å²) in [6.07, 6.45) is 3.67. The standard InChI is InChI=1S/C14H24N4O/c1-4-18-9-12(13(16-18)10(2)3)14(19)17-7-5-11(15)6-8-17/h9-11H,4-8,15H2,1-3H3. The number of aryl methyl sites for hydroxylation is 1. The van der Waals surface area contributed by atoms with Crippen LogP contribution in [0.25, 0.3) is 0 Å². The minimum absolute atomic E-state index is 0.107. The molecule has 0 aromatic carbocycles. The topological polar surface area (TPSA) is 64.2 Å². The maximum Gasteiger partial charge on any atom is 0.257 e. The van der Waals surface area contributed by atoms with Gasteiger partial charge in [-0.15, -0.1) is 0 Å². The highest BCUT2D eigenvalue weighted by molar-refractivity contribution is 5.95. The van der Waals surface area contributed by atoms with Crippen molar-refractivity contribution in [2.75, 3.05) is 13.1 Å². The van der Waals surface area contributed by atoms with E-state index in [-0.39, 0.29) is 17.9 Å². The predicted octanol–water partition coefficient (Wildman–Crippen LogP) is 1.59. The van der Waals surface area contributed by atoms with E-state index in [9.17, 15) is 4.79 Å². The fraction of sp³-hybridized carbons (Fsp3) is 0.714. The van der Waals surface area contributed by atoms with Crippen LogP contribution in [0.15, 0.2) is 6.20 Å². The smallest absolute Gasteiger partial charge is 0.257 e. The molecule has 19 heavy (non-hydrogen) atoms. The van der Waals surface area contributed by atoms with Crippen LogP contribution in [0.3, 0.4) is 0 Å². The third kappa shape index (κ3) is 2.97. The first-order valence-corrected chi connectivity index (χ1v) is 7.15. The molecule has 2 rings (SSSR count). The van der Waals surface area contributed by atoms with Gasteiger partial charge in [-0.25, -0.2) is 0 Å². The van der Waals surface area contributed by atoms with E-state index in [1.165, 1.54) is 0 Å². The van der Waals surface area contributed by atoms with Gasteiger partial charge in [-0.05, 0) is 25.7 Å². The molecule has 0 saturated carbocycles. The lowest BCUT2D eigenvalue weighted by Crippen LogP contribution is -2.43. The van der Waals surface area contributed by atoms with Gasteiger partial charge < -0.3 is 10.6 Å². The molecular formula is C14H24N4O. The number of hydrogen-bond donors (Lipinski definition) is 1. The highest BCUT2D eigenvalue weighted by Crippen LogP contribution is 2.21. The second-order valence-corrected chi connectivity index (χ2v) is 5.57. The van der Waals surface area contributed by atoms with Crippen molar-refractivity contribution < 1.29 is 4.79 Å². The van der Waals surface area contributed by atoms with Crippen LogP contribution >= 0.6 is 0 Å². The van der Waals surface area contributed by atoms with Crippen LogP contribution in [0, 0.1) is 0 Å². The Hall–Kier alpha value is -1.36. The van der Waals surface area contributed by atoms with Gasteiger partial charge in [0.15, 0.2) is 0 Å².